The molecule has 1 atom stereocenters. The number of morpholine rings is 1. The highest BCUT2D eigenvalue weighted by atomic mass is 35.5. The molecule has 0 radical (unpaired) electrons. The number of anilines is 2. The van der Waals surface area contributed by atoms with Crippen LogP contribution in [0.1, 0.15) is 17.3 Å². The van der Waals surface area contributed by atoms with E-state index < -0.39 is 22.9 Å². The highest BCUT2D eigenvalue weighted by Gasteiger charge is 2.26. The number of halogens is 2. The van der Waals surface area contributed by atoms with E-state index in [1.54, 1.807) is 0 Å². The molecule has 1 aromatic carbocycles. The van der Waals surface area contributed by atoms with Crippen LogP contribution in [0.2, 0.25) is 10.0 Å². The van der Waals surface area contributed by atoms with Gasteiger partial charge in [-0.1, -0.05) is 23.2 Å². The number of carbonyl (C=O) groups is 2. The Bertz CT molecular complexity index is 1010. The number of nitrogens with zero attached hydrogens (tertiary/aromatic N) is 3. The molecule has 1 aliphatic rings. The van der Waals surface area contributed by atoms with E-state index in [4.69, 9.17) is 32.7 Å². The van der Waals surface area contributed by atoms with E-state index in [9.17, 15) is 19.7 Å². The second kappa shape index (κ2) is 9.90. The van der Waals surface area contributed by atoms with Crippen molar-refractivity contribution < 1.29 is 24.0 Å². The van der Waals surface area contributed by atoms with E-state index in [-0.39, 0.29) is 22.1 Å². The van der Waals surface area contributed by atoms with Gasteiger partial charge in [0.1, 0.15) is 5.69 Å². The standard InChI is InChI=1S/C19H18Cl2N4O6/c1-11(18(26)23-17-14(21)9-13(20)10-22-17)31-19(27)12-2-3-15(16(8-12)25(28)29)24-4-6-30-7-5-24/h2-3,8-11H,4-7H2,1H3,(H,22,23,26). The van der Waals surface area contributed by atoms with E-state index in [0.29, 0.717) is 37.0 Å². The van der Waals surface area contributed by atoms with Gasteiger partial charge in [0.2, 0.25) is 0 Å². The lowest BCUT2D eigenvalue weighted by atomic mass is 10.1. The highest BCUT2D eigenvalue weighted by molar-refractivity contribution is 6.36. The lowest BCUT2D eigenvalue weighted by Gasteiger charge is -2.28. The van der Waals surface area contributed by atoms with Crippen molar-refractivity contribution >= 4 is 52.3 Å². The smallest absolute Gasteiger partial charge is 0.339 e. The SMILES string of the molecule is CC(OC(=O)c1ccc(N2CCOCC2)c([N+](=O)[O-])c1)C(=O)Nc1ncc(Cl)cc1Cl. The van der Waals surface area contributed by atoms with Crippen LogP contribution in [0, 0.1) is 10.1 Å². The van der Waals surface area contributed by atoms with Crippen molar-refractivity contribution in [3.8, 4) is 0 Å². The zero-order chi connectivity index (χ0) is 22.5. The number of nitro benzene ring substituents is 1. The molecular weight excluding hydrogens is 451 g/mol. The van der Waals surface area contributed by atoms with Crippen molar-refractivity contribution in [1.29, 1.82) is 0 Å². The molecule has 12 heteroatoms. The van der Waals surface area contributed by atoms with Gasteiger partial charge in [0.15, 0.2) is 11.9 Å². The number of aromatic nitrogens is 1. The lowest BCUT2D eigenvalue weighted by Crippen LogP contribution is -2.36. The average molecular weight is 469 g/mol. The zero-order valence-electron chi connectivity index (χ0n) is 16.3. The lowest BCUT2D eigenvalue weighted by molar-refractivity contribution is -0.384. The molecule has 1 fully saturated rings. The Morgan fingerprint density at radius 1 is 1.29 bits per heavy atom. The van der Waals surface area contributed by atoms with Crippen LogP contribution in [0.3, 0.4) is 0 Å². The molecule has 10 nitrogen and oxygen atoms in total. The maximum Gasteiger partial charge on any atom is 0.339 e. The minimum atomic E-state index is -1.21. The molecule has 0 aliphatic carbocycles. The first-order valence-electron chi connectivity index (χ1n) is 9.20. The van der Waals surface area contributed by atoms with Gasteiger partial charge < -0.3 is 19.7 Å². The summed E-state index contributed by atoms with van der Waals surface area (Å²) >= 11 is 11.7. The van der Waals surface area contributed by atoms with Crippen LogP contribution in [0.15, 0.2) is 30.5 Å². The third-order valence-corrected chi connectivity index (χ3v) is 4.96. The first-order chi connectivity index (χ1) is 14.8. The second-order valence-corrected chi connectivity index (χ2v) is 7.42. The molecule has 2 heterocycles. The Morgan fingerprint density at radius 3 is 2.65 bits per heavy atom. The molecule has 1 saturated heterocycles. The summed E-state index contributed by atoms with van der Waals surface area (Å²) in [6.07, 6.45) is 0.0912. The van der Waals surface area contributed by atoms with E-state index in [1.807, 2.05) is 4.90 Å². The Balaban J connectivity index is 1.70. The number of hydrogen-bond acceptors (Lipinski definition) is 8. The Labute approximate surface area is 187 Å². The third kappa shape index (κ3) is 5.60. The van der Waals surface area contributed by atoms with Crippen LogP contribution < -0.4 is 10.2 Å². The molecule has 3 rings (SSSR count). The molecular formula is C19H18Cl2N4O6. The highest BCUT2D eigenvalue weighted by Crippen LogP contribution is 2.30. The predicted octanol–water partition coefficient (Wildman–Crippen LogP) is 3.32. The topological polar surface area (TPSA) is 124 Å². The van der Waals surface area contributed by atoms with Gasteiger partial charge in [0, 0.05) is 25.4 Å². The first-order valence-corrected chi connectivity index (χ1v) is 9.96. The fourth-order valence-corrected chi connectivity index (χ4v) is 3.30. The van der Waals surface area contributed by atoms with Crippen molar-refractivity contribution in [2.45, 2.75) is 13.0 Å². The number of ether oxygens (including phenoxy) is 2. The van der Waals surface area contributed by atoms with E-state index >= 15 is 0 Å². The maximum atomic E-state index is 12.5. The number of pyridine rings is 1. The van der Waals surface area contributed by atoms with Gasteiger partial charge in [-0.05, 0) is 25.1 Å². The predicted molar refractivity (Wildman–Crippen MR) is 114 cm³/mol. The maximum absolute atomic E-state index is 12.5. The van der Waals surface area contributed by atoms with Gasteiger partial charge in [-0.3, -0.25) is 14.9 Å². The Kier molecular flexibility index (Phi) is 7.26. The summed E-state index contributed by atoms with van der Waals surface area (Å²) in [5, 5.41) is 14.4. The largest absolute Gasteiger partial charge is 0.449 e. The van der Waals surface area contributed by atoms with Crippen LogP contribution in [-0.2, 0) is 14.3 Å². The van der Waals surface area contributed by atoms with Crippen LogP contribution in [-0.4, -0.2) is 54.2 Å². The Morgan fingerprint density at radius 2 is 2.00 bits per heavy atom. The minimum absolute atomic E-state index is 0.0500. The van der Waals surface area contributed by atoms with Crippen LogP contribution in [0.25, 0.3) is 0 Å². The number of carbonyl (C=O) groups excluding carboxylic acids is 2. The molecule has 0 bridgehead atoms. The summed E-state index contributed by atoms with van der Waals surface area (Å²) in [4.78, 5) is 41.5. The third-order valence-electron chi connectivity index (χ3n) is 4.46. The number of benzene rings is 1. The van der Waals surface area contributed by atoms with Gasteiger partial charge >= 0.3 is 5.97 Å². The molecule has 1 unspecified atom stereocenters. The van der Waals surface area contributed by atoms with Gasteiger partial charge in [-0.15, -0.1) is 0 Å². The summed E-state index contributed by atoms with van der Waals surface area (Å²) in [7, 11) is 0. The van der Waals surface area contributed by atoms with E-state index in [0.717, 1.165) is 6.07 Å². The van der Waals surface area contributed by atoms with Crippen molar-refractivity contribution in [3.63, 3.8) is 0 Å². The molecule has 31 heavy (non-hydrogen) atoms. The van der Waals surface area contributed by atoms with Crippen molar-refractivity contribution in [1.82, 2.24) is 4.98 Å². The van der Waals surface area contributed by atoms with E-state index in [2.05, 4.69) is 10.3 Å². The summed E-state index contributed by atoms with van der Waals surface area (Å²) in [6, 6.07) is 5.44. The molecule has 1 amide bonds. The molecule has 0 saturated carbocycles. The van der Waals surface area contributed by atoms with Crippen LogP contribution >= 0.6 is 23.2 Å². The monoisotopic (exact) mass is 468 g/mol. The molecule has 1 aromatic heterocycles. The molecule has 164 valence electrons. The van der Waals surface area contributed by atoms with Crippen LogP contribution in [0.5, 0.6) is 0 Å². The fourth-order valence-electron chi connectivity index (χ4n) is 2.88. The molecule has 0 spiro atoms. The number of nitrogens with one attached hydrogen (secondary N) is 1. The van der Waals surface area contributed by atoms with Crippen molar-refractivity contribution in [3.05, 3.63) is 56.2 Å². The number of rotatable bonds is 6. The molecule has 1 aliphatic heterocycles. The normalized spacial score (nSPS) is 14.6. The van der Waals surface area contributed by atoms with Gasteiger partial charge in [0.25, 0.3) is 11.6 Å². The van der Waals surface area contributed by atoms with Gasteiger partial charge in [-0.25, -0.2) is 9.78 Å². The quantitative estimate of drug-likeness (QED) is 0.388. The second-order valence-electron chi connectivity index (χ2n) is 6.58. The summed E-state index contributed by atoms with van der Waals surface area (Å²) in [5.74, 6) is -1.50. The Hall–Kier alpha value is -2.95. The van der Waals surface area contributed by atoms with E-state index in [1.165, 1.54) is 31.3 Å². The molecule has 1 N–H and O–H groups in total. The van der Waals surface area contributed by atoms with Gasteiger partial charge in [0.05, 0.1) is 33.7 Å². The fraction of sp³-hybridized carbons (Fsp3) is 0.316. The summed E-state index contributed by atoms with van der Waals surface area (Å²) < 4.78 is 10.4. The van der Waals surface area contributed by atoms with Gasteiger partial charge in [-0.2, -0.15) is 0 Å². The number of amides is 1. The first kappa shape index (κ1) is 22.7. The number of esters is 1. The van der Waals surface area contributed by atoms with Crippen molar-refractivity contribution in [2.24, 2.45) is 0 Å². The van der Waals surface area contributed by atoms with Crippen molar-refractivity contribution in [2.75, 3.05) is 36.5 Å². The summed E-state index contributed by atoms with van der Waals surface area (Å²) in [5.41, 5.74) is 0.107. The average Bonchev–Trinajstić information content (AvgIpc) is 2.75. The van der Waals surface area contributed by atoms with Crippen LogP contribution in [0.4, 0.5) is 17.2 Å². The zero-order valence-corrected chi connectivity index (χ0v) is 17.9. The summed E-state index contributed by atoms with van der Waals surface area (Å²) in [6.45, 7) is 3.28. The number of nitro groups is 1. The molecule has 2 aromatic rings. The number of hydrogen-bond donors (Lipinski definition) is 1. The minimum Gasteiger partial charge on any atom is -0.449 e.